The van der Waals surface area contributed by atoms with Crippen molar-refractivity contribution in [3.8, 4) is 111 Å². The van der Waals surface area contributed by atoms with Gasteiger partial charge in [-0.2, -0.15) is 0 Å². The Bertz CT molecular complexity index is 6860. The third-order valence-electron chi connectivity index (χ3n) is 28.9. The largest absolute Gasteiger partial charge is 0.408 e. The van der Waals surface area contributed by atoms with Crippen LogP contribution in [0.4, 0.5) is 0 Å². The van der Waals surface area contributed by atoms with Crippen molar-refractivity contribution in [2.45, 2.75) is 120 Å². The maximum Gasteiger partial charge on any atom is 0.408 e. The van der Waals surface area contributed by atoms with Crippen molar-refractivity contribution >= 4 is 94.7 Å². The molecule has 0 amide bonds. The van der Waals surface area contributed by atoms with E-state index in [0.29, 0.717) is 11.8 Å². The van der Waals surface area contributed by atoms with Crippen LogP contribution in [-0.4, -0.2) is 114 Å². The van der Waals surface area contributed by atoms with Crippen molar-refractivity contribution in [2.24, 2.45) is 0 Å². The molecule has 0 atom stereocenters. The van der Waals surface area contributed by atoms with E-state index in [1.165, 1.54) is 197 Å². The van der Waals surface area contributed by atoms with E-state index < -0.39 is 42.8 Å². The van der Waals surface area contributed by atoms with Crippen LogP contribution in [0.25, 0.3) is 111 Å². The second kappa shape index (κ2) is 46.2. The van der Waals surface area contributed by atoms with Gasteiger partial charge in [-0.3, -0.25) is 0 Å². The lowest BCUT2D eigenvalue weighted by molar-refractivity contribution is 0.272. The summed E-state index contributed by atoms with van der Waals surface area (Å²) >= 11 is 0. The SMILES string of the molecule is CCCc1cc2cccccc-2c1[Si](OC)(OC)c1c(CCC)cc2cccccc1-2.CCc1cc2cccccc-2c1[Si](OC)(OC)c1c(CC)cc2cccccc1-2.CO[Si](OC)(c1c(C)cc2cccccc1-2)c1c(C)cc2cccccc1-2.CO[Si](OC)(c1c2cccccc-2cc1C(C)C)c1c2cccccc-2cc1C(C)C.CO[Si](OC)(c1ccc2cccccc1-2)c1ccc2cccccc1-2. The van der Waals surface area contributed by atoms with E-state index in [2.05, 4.69) is 433 Å². The molecule has 0 unspecified atom stereocenters. The first kappa shape index (κ1) is 104. The highest BCUT2D eigenvalue weighted by atomic mass is 28.4. The summed E-state index contributed by atoms with van der Waals surface area (Å²) in [7, 11) is 3.51. The number of fused-ring (bicyclic) bond motifs is 10. The van der Waals surface area contributed by atoms with Crippen LogP contribution in [-0.2, 0) is 69.9 Å². The molecule has 15 heteroatoms. The molecule has 0 saturated carbocycles. The van der Waals surface area contributed by atoms with E-state index in [1.54, 1.807) is 28.4 Å². The zero-order chi connectivity index (χ0) is 101. The maximum atomic E-state index is 6.55. The molecule has 143 heavy (non-hydrogen) atoms. The predicted molar refractivity (Wildman–Crippen MR) is 610 cm³/mol. The number of rotatable bonds is 28. The van der Waals surface area contributed by atoms with Crippen LogP contribution in [0, 0.1) is 13.8 Å². The Labute approximate surface area is 855 Å². The molecule has 0 aromatic rings. The van der Waals surface area contributed by atoms with Gasteiger partial charge < -0.3 is 44.3 Å². The Hall–Kier alpha value is -12.3. The van der Waals surface area contributed by atoms with Gasteiger partial charge in [-0.15, -0.1) is 0 Å². The average molecular weight is 1970 g/mol. The summed E-state index contributed by atoms with van der Waals surface area (Å²) in [6.07, 6.45) is 6.11. The molecular formula is C128H136O10Si5. The van der Waals surface area contributed by atoms with Gasteiger partial charge in [-0.05, 0) is 207 Å². The molecule has 0 aromatic heterocycles. The number of hydrogen-bond acceptors (Lipinski definition) is 10. The van der Waals surface area contributed by atoms with E-state index in [9.17, 15) is 0 Å². The first-order valence-corrected chi connectivity index (χ1v) is 59.4. The van der Waals surface area contributed by atoms with Gasteiger partial charge in [0.05, 0.1) is 0 Å². The van der Waals surface area contributed by atoms with Crippen molar-refractivity contribution in [2.75, 3.05) is 71.1 Å². The summed E-state index contributed by atoms with van der Waals surface area (Å²) < 4.78 is 64.1. The van der Waals surface area contributed by atoms with E-state index in [1.807, 2.05) is 54.8 Å². The number of hydrogen-bond donors (Lipinski definition) is 0. The van der Waals surface area contributed by atoms with Gasteiger partial charge in [-0.1, -0.05) is 444 Å². The van der Waals surface area contributed by atoms with E-state index >= 15 is 0 Å². The van der Waals surface area contributed by atoms with Gasteiger partial charge >= 0.3 is 42.8 Å². The summed E-state index contributed by atoms with van der Waals surface area (Å²) in [5, 5.41) is 12.3. The van der Waals surface area contributed by atoms with Gasteiger partial charge in [0.1, 0.15) is 0 Å². The number of aryl methyl sites for hydroxylation is 6. The minimum Gasteiger partial charge on any atom is -0.391 e. The zero-order valence-electron chi connectivity index (χ0n) is 86.8. The zero-order valence-corrected chi connectivity index (χ0v) is 91.8. The topological polar surface area (TPSA) is 92.3 Å². The van der Waals surface area contributed by atoms with Crippen molar-refractivity contribution in [1.82, 2.24) is 0 Å². The van der Waals surface area contributed by atoms with Crippen molar-refractivity contribution in [3.05, 3.63) is 421 Å². The minimum atomic E-state index is -3.01. The van der Waals surface area contributed by atoms with E-state index in [-0.39, 0.29) is 0 Å². The summed E-state index contributed by atoms with van der Waals surface area (Å²) in [4.78, 5) is 0. The first-order chi connectivity index (χ1) is 69.7. The van der Waals surface area contributed by atoms with Crippen LogP contribution in [0.5, 0.6) is 0 Å². The van der Waals surface area contributed by atoms with E-state index in [4.69, 9.17) is 44.3 Å². The standard InChI is InChI=1S/2C28H32O2Si.C26H28O2Si.C24H24O2Si.C22H20O2Si/c1-19(2)25-17-21-13-9-7-11-15-23(21)27(25)31(29-5,30-6)28-24-16-12-8-10-14-22(24)18-26(28)20(3)4;1-5-13-23-19-21-15-9-7-11-17-25(21)27(23)31(29-3,30-4)28-24(14-6-2)20-22-16-10-8-12-18-26(22)28;1-5-19-17-21-13-9-7-11-15-23(21)25(19)29(27-3,28-4)26-20(6-2)18-22-14-10-8-12-16-24(22)26;1-17-15-19-11-7-5-9-13-21(19)23(17)27(25-3,26-4)24-18(2)16-20-12-8-6-10-14-22(20)24;1-23-25(24-2,21-15-13-17-9-5-3-7-11-19(17)21)22-16-14-18-10-6-4-8-12-20(18)22/h7-20H,1-6H3;7-12,15-20H,5-6,13-14H2,1-4H3;7-18H,5-6H2,1-4H3;5-16H,1-4H3;3-16H,1-2H3. The van der Waals surface area contributed by atoms with Gasteiger partial charge in [0.2, 0.25) is 0 Å². The summed E-state index contributed by atoms with van der Waals surface area (Å²) in [6, 6.07) is 133. The highest BCUT2D eigenvalue weighted by Gasteiger charge is 2.54. The van der Waals surface area contributed by atoms with Gasteiger partial charge in [0, 0.05) is 123 Å². The lowest BCUT2D eigenvalue weighted by atomic mass is 10.1. The molecule has 0 aliphatic heterocycles. The minimum absolute atomic E-state index is 0.365. The monoisotopic (exact) mass is 1970 g/mol. The maximum absolute atomic E-state index is 6.55. The molecule has 728 valence electrons. The fraction of sp³-hybridized carbons (Fsp3) is 0.219. The molecule has 0 N–H and O–H groups in total. The van der Waals surface area contributed by atoms with Crippen LogP contribution in [0.1, 0.15) is 125 Å². The lowest BCUT2D eigenvalue weighted by Crippen LogP contribution is -2.64. The molecule has 20 aliphatic carbocycles. The van der Waals surface area contributed by atoms with Gasteiger partial charge in [0.25, 0.3) is 0 Å². The third kappa shape index (κ3) is 19.5. The molecule has 0 saturated heterocycles. The first-order valence-electron chi connectivity index (χ1n) is 50.3. The second-order valence-electron chi connectivity index (χ2n) is 37.5. The summed E-state index contributed by atoms with van der Waals surface area (Å²) in [6.45, 7) is 22.3. The molecule has 10 nitrogen and oxygen atoms in total. The van der Waals surface area contributed by atoms with E-state index in [0.717, 1.165) is 48.9 Å². The second-order valence-corrected chi connectivity index (χ2v) is 52.8. The van der Waals surface area contributed by atoms with Crippen LogP contribution >= 0.6 is 0 Å². The van der Waals surface area contributed by atoms with Crippen molar-refractivity contribution < 1.29 is 44.3 Å². The van der Waals surface area contributed by atoms with Crippen molar-refractivity contribution in [3.63, 3.8) is 0 Å². The Kier molecular flexibility index (Phi) is 33.4. The van der Waals surface area contributed by atoms with Gasteiger partial charge in [-0.25, -0.2) is 0 Å². The third-order valence-corrected chi connectivity index (χ3v) is 47.0. The molecule has 0 heterocycles. The summed E-state index contributed by atoms with van der Waals surface area (Å²) in [5.41, 5.74) is 35.0. The molecule has 20 rings (SSSR count). The molecule has 0 spiro atoms. The van der Waals surface area contributed by atoms with Crippen LogP contribution < -0.4 is 51.9 Å². The highest BCUT2D eigenvalue weighted by molar-refractivity contribution is 6.98. The molecule has 0 fully saturated rings. The predicted octanol–water partition coefficient (Wildman–Crippen LogP) is 24.6. The quantitative estimate of drug-likeness (QED) is 0.0442. The molecule has 20 aliphatic rings. The Morgan fingerprint density at radius 2 is 0.385 bits per heavy atom. The van der Waals surface area contributed by atoms with Crippen LogP contribution in [0.3, 0.4) is 0 Å². The van der Waals surface area contributed by atoms with Crippen LogP contribution in [0.15, 0.2) is 376 Å². The van der Waals surface area contributed by atoms with Crippen LogP contribution in [0.2, 0.25) is 0 Å². The molecule has 0 radical (unpaired) electrons. The average Bonchev–Trinajstić information content (AvgIpc) is 1.54. The van der Waals surface area contributed by atoms with Crippen molar-refractivity contribution in [1.29, 1.82) is 0 Å². The Balaban J connectivity index is 0.000000129. The highest BCUT2D eigenvalue weighted by Crippen LogP contribution is 2.42. The lowest BCUT2D eigenvalue weighted by Gasteiger charge is -2.32. The Morgan fingerprint density at radius 1 is 0.189 bits per heavy atom. The van der Waals surface area contributed by atoms with Gasteiger partial charge in [0.15, 0.2) is 0 Å². The molecular weight excluding hydrogens is 1840 g/mol. The fourth-order valence-electron chi connectivity index (χ4n) is 22.6. The molecule has 0 bridgehead atoms. The Morgan fingerprint density at radius 3 is 0.629 bits per heavy atom. The molecule has 0 aromatic carbocycles. The smallest absolute Gasteiger partial charge is 0.391 e. The normalized spacial score (nSPS) is 12.1. The fourth-order valence-corrected chi connectivity index (χ4v) is 40.5. The summed E-state index contributed by atoms with van der Waals surface area (Å²) in [5.74, 6) is 0.731.